The number of thiazole rings is 1. The molecule has 2 aromatic carbocycles. The fraction of sp³-hybridized carbons (Fsp3) is 0.105. The molecule has 3 aromatic rings. The molecule has 25 heavy (non-hydrogen) atoms. The van der Waals surface area contributed by atoms with E-state index in [1.165, 1.54) is 17.4 Å². The van der Waals surface area contributed by atoms with Crippen LogP contribution in [0.3, 0.4) is 0 Å². The first kappa shape index (κ1) is 16.9. The zero-order valence-corrected chi connectivity index (χ0v) is 14.5. The van der Waals surface area contributed by atoms with Gasteiger partial charge in [0, 0.05) is 6.08 Å². The lowest BCUT2D eigenvalue weighted by atomic mass is 10.2. The van der Waals surface area contributed by atoms with E-state index in [2.05, 4.69) is 15.6 Å². The topological polar surface area (TPSA) is 71.1 Å². The van der Waals surface area contributed by atoms with Crippen molar-refractivity contribution in [2.24, 2.45) is 0 Å². The summed E-state index contributed by atoms with van der Waals surface area (Å²) in [6, 6.07) is 15.4. The third kappa shape index (κ3) is 4.51. The number of fused-ring (bicyclic) bond motifs is 1. The van der Waals surface area contributed by atoms with Crippen LogP contribution in [0.25, 0.3) is 16.3 Å². The van der Waals surface area contributed by atoms with E-state index in [1.54, 1.807) is 6.08 Å². The van der Waals surface area contributed by atoms with Gasteiger partial charge in [-0.25, -0.2) is 4.98 Å². The smallest absolute Gasteiger partial charge is 0.245 e. The Bertz CT molecular complexity index is 932. The summed E-state index contributed by atoms with van der Waals surface area (Å²) in [5, 5.41) is 5.81. The predicted molar refractivity (Wildman–Crippen MR) is 101 cm³/mol. The molecule has 0 aliphatic rings. The van der Waals surface area contributed by atoms with E-state index in [-0.39, 0.29) is 18.4 Å². The summed E-state index contributed by atoms with van der Waals surface area (Å²) in [6.45, 7) is 1.87. The number of hydrogen-bond acceptors (Lipinski definition) is 4. The lowest BCUT2D eigenvalue weighted by molar-refractivity contribution is -0.121. The number of nitrogens with one attached hydrogen (secondary N) is 2. The largest absolute Gasteiger partial charge is 0.343 e. The molecule has 6 heteroatoms. The lowest BCUT2D eigenvalue weighted by Gasteiger charge is -2.02. The molecule has 126 valence electrons. The highest BCUT2D eigenvalue weighted by Crippen LogP contribution is 2.27. The molecule has 0 unspecified atom stereocenters. The highest BCUT2D eigenvalue weighted by molar-refractivity contribution is 7.22. The summed E-state index contributed by atoms with van der Waals surface area (Å²) in [5.41, 5.74) is 2.87. The van der Waals surface area contributed by atoms with E-state index in [0.29, 0.717) is 5.13 Å². The molecule has 1 aromatic heterocycles. The summed E-state index contributed by atoms with van der Waals surface area (Å²) >= 11 is 1.41. The average Bonchev–Trinajstić information content (AvgIpc) is 3.03. The summed E-state index contributed by atoms with van der Waals surface area (Å²) in [4.78, 5) is 28.2. The standard InChI is InChI=1S/C19H17N3O2S/c1-13-6-5-9-15-18(13)22-19(25-15)21-17(24)12-20-16(23)11-10-14-7-3-2-4-8-14/h2-11H,12H2,1H3,(H,20,23)(H,21,22,24)/b11-10+. The quantitative estimate of drug-likeness (QED) is 0.692. The van der Waals surface area contributed by atoms with Gasteiger partial charge in [-0.2, -0.15) is 0 Å². The molecule has 0 atom stereocenters. The summed E-state index contributed by atoms with van der Waals surface area (Å²) in [7, 11) is 0. The second-order valence-corrected chi connectivity index (χ2v) is 6.48. The van der Waals surface area contributed by atoms with E-state index in [1.807, 2.05) is 55.5 Å². The Morgan fingerprint density at radius 3 is 2.68 bits per heavy atom. The molecule has 0 radical (unpaired) electrons. The Morgan fingerprint density at radius 2 is 1.92 bits per heavy atom. The molecule has 1 heterocycles. The van der Waals surface area contributed by atoms with Gasteiger partial charge in [-0.05, 0) is 30.2 Å². The third-order valence-corrected chi connectivity index (χ3v) is 4.45. The highest BCUT2D eigenvalue weighted by atomic mass is 32.1. The van der Waals surface area contributed by atoms with Crippen LogP contribution in [0.15, 0.2) is 54.6 Å². The fourth-order valence-corrected chi connectivity index (χ4v) is 3.23. The number of benzene rings is 2. The number of hydrogen-bond donors (Lipinski definition) is 2. The number of rotatable bonds is 5. The number of para-hydroxylation sites is 1. The van der Waals surface area contributed by atoms with Crippen LogP contribution in [0.4, 0.5) is 5.13 Å². The molecule has 0 saturated carbocycles. The normalized spacial score (nSPS) is 10.9. The molecule has 0 spiro atoms. The van der Waals surface area contributed by atoms with Crippen LogP contribution in [0.2, 0.25) is 0 Å². The van der Waals surface area contributed by atoms with Gasteiger partial charge in [0.15, 0.2) is 5.13 Å². The van der Waals surface area contributed by atoms with Gasteiger partial charge >= 0.3 is 0 Å². The Morgan fingerprint density at radius 1 is 1.12 bits per heavy atom. The van der Waals surface area contributed by atoms with E-state index in [0.717, 1.165) is 21.3 Å². The molecule has 2 N–H and O–H groups in total. The number of aryl methyl sites for hydroxylation is 1. The van der Waals surface area contributed by atoms with Gasteiger partial charge in [0.2, 0.25) is 11.8 Å². The van der Waals surface area contributed by atoms with Crippen LogP contribution >= 0.6 is 11.3 Å². The minimum Gasteiger partial charge on any atom is -0.343 e. The van der Waals surface area contributed by atoms with E-state index < -0.39 is 0 Å². The van der Waals surface area contributed by atoms with Crippen molar-refractivity contribution >= 4 is 44.6 Å². The molecule has 5 nitrogen and oxygen atoms in total. The summed E-state index contributed by atoms with van der Waals surface area (Å²) in [5.74, 6) is -0.627. The first-order valence-corrected chi connectivity index (χ1v) is 8.60. The highest BCUT2D eigenvalue weighted by Gasteiger charge is 2.09. The van der Waals surface area contributed by atoms with Crippen molar-refractivity contribution < 1.29 is 9.59 Å². The van der Waals surface area contributed by atoms with Crippen LogP contribution in [0, 0.1) is 6.92 Å². The van der Waals surface area contributed by atoms with E-state index in [9.17, 15) is 9.59 Å². The number of nitrogens with zero attached hydrogens (tertiary/aromatic N) is 1. The molecule has 0 fully saturated rings. The van der Waals surface area contributed by atoms with Crippen molar-refractivity contribution in [1.29, 1.82) is 0 Å². The Balaban J connectivity index is 1.52. The van der Waals surface area contributed by atoms with Crippen molar-refractivity contribution in [3.63, 3.8) is 0 Å². The van der Waals surface area contributed by atoms with Gasteiger partial charge in [-0.15, -0.1) is 0 Å². The van der Waals surface area contributed by atoms with Crippen molar-refractivity contribution in [3.8, 4) is 0 Å². The number of carbonyl (C=O) groups excluding carboxylic acids is 2. The predicted octanol–water partition coefficient (Wildman–Crippen LogP) is 3.37. The minimum absolute atomic E-state index is 0.104. The van der Waals surface area contributed by atoms with Crippen LogP contribution in [-0.2, 0) is 9.59 Å². The number of aromatic nitrogens is 1. The molecule has 0 aliphatic heterocycles. The summed E-state index contributed by atoms with van der Waals surface area (Å²) in [6.07, 6.45) is 3.10. The van der Waals surface area contributed by atoms with Crippen LogP contribution in [0.5, 0.6) is 0 Å². The van der Waals surface area contributed by atoms with Crippen LogP contribution in [-0.4, -0.2) is 23.3 Å². The summed E-state index contributed by atoms with van der Waals surface area (Å²) < 4.78 is 1.02. The first-order valence-electron chi connectivity index (χ1n) is 7.79. The molecule has 0 aliphatic carbocycles. The first-order chi connectivity index (χ1) is 12.1. The molecule has 0 saturated heterocycles. The van der Waals surface area contributed by atoms with E-state index in [4.69, 9.17) is 0 Å². The average molecular weight is 351 g/mol. The number of anilines is 1. The molecular formula is C19H17N3O2S. The second-order valence-electron chi connectivity index (χ2n) is 5.45. The maximum atomic E-state index is 12.0. The molecular weight excluding hydrogens is 334 g/mol. The monoisotopic (exact) mass is 351 g/mol. The Hall–Kier alpha value is -2.99. The van der Waals surface area contributed by atoms with Gasteiger partial charge in [0.25, 0.3) is 0 Å². The van der Waals surface area contributed by atoms with E-state index >= 15 is 0 Å². The van der Waals surface area contributed by atoms with Gasteiger partial charge in [-0.1, -0.05) is 53.8 Å². The second kappa shape index (κ2) is 7.72. The minimum atomic E-state index is -0.320. The van der Waals surface area contributed by atoms with Gasteiger partial charge < -0.3 is 10.6 Å². The zero-order chi connectivity index (χ0) is 17.6. The van der Waals surface area contributed by atoms with Gasteiger partial charge in [0.1, 0.15) is 0 Å². The maximum absolute atomic E-state index is 12.0. The lowest BCUT2D eigenvalue weighted by Crippen LogP contribution is -2.31. The van der Waals surface area contributed by atoms with Gasteiger partial charge in [0.05, 0.1) is 16.8 Å². The van der Waals surface area contributed by atoms with Crippen LogP contribution < -0.4 is 10.6 Å². The SMILES string of the molecule is Cc1cccc2sc(NC(=O)CNC(=O)/C=C/c3ccccc3)nc12. The third-order valence-electron chi connectivity index (χ3n) is 3.52. The van der Waals surface area contributed by atoms with Crippen LogP contribution in [0.1, 0.15) is 11.1 Å². The number of carbonyl (C=O) groups is 2. The van der Waals surface area contributed by atoms with Crippen molar-refractivity contribution in [3.05, 3.63) is 65.7 Å². The van der Waals surface area contributed by atoms with Gasteiger partial charge in [-0.3, -0.25) is 9.59 Å². The Kier molecular flexibility index (Phi) is 5.20. The zero-order valence-electron chi connectivity index (χ0n) is 13.7. The van der Waals surface area contributed by atoms with Crippen molar-refractivity contribution in [2.75, 3.05) is 11.9 Å². The Labute approximate surface area is 149 Å². The number of amides is 2. The fourth-order valence-electron chi connectivity index (χ4n) is 2.27. The van der Waals surface area contributed by atoms with Crippen molar-refractivity contribution in [2.45, 2.75) is 6.92 Å². The van der Waals surface area contributed by atoms with Crippen molar-refractivity contribution in [1.82, 2.24) is 10.3 Å². The molecule has 2 amide bonds. The molecule has 3 rings (SSSR count). The molecule has 0 bridgehead atoms. The maximum Gasteiger partial charge on any atom is 0.245 e.